The van der Waals surface area contributed by atoms with Crippen LogP contribution in [0.1, 0.15) is 21.7 Å². The van der Waals surface area contributed by atoms with Crippen LogP contribution in [0.4, 0.5) is 11.6 Å². The molecule has 2 amide bonds. The maximum absolute atomic E-state index is 12.3. The normalized spacial score (nSPS) is 14.1. The third-order valence-electron chi connectivity index (χ3n) is 4.01. The minimum absolute atomic E-state index is 0.0973. The molecule has 1 fully saturated rings. The summed E-state index contributed by atoms with van der Waals surface area (Å²) in [6.07, 6.45) is 0. The van der Waals surface area contributed by atoms with Crippen molar-refractivity contribution in [3.8, 4) is 0 Å². The number of furan rings is 1. The molecule has 0 bridgehead atoms. The van der Waals surface area contributed by atoms with E-state index in [1.807, 2.05) is 32.0 Å². The Bertz CT molecular complexity index is 831. The molecule has 0 spiro atoms. The summed E-state index contributed by atoms with van der Waals surface area (Å²) in [5.41, 5.74) is 2.84. The molecule has 25 heavy (non-hydrogen) atoms. The monoisotopic (exact) mass is 343 g/mol. The number of carbonyl (C=O) groups is 2. The maximum Gasteiger partial charge on any atom is 0.433 e. The van der Waals surface area contributed by atoms with Crippen molar-refractivity contribution < 1.29 is 18.9 Å². The van der Waals surface area contributed by atoms with Gasteiger partial charge in [0.25, 0.3) is 5.91 Å². The molecule has 1 aliphatic rings. The van der Waals surface area contributed by atoms with Gasteiger partial charge >= 0.3 is 5.88 Å². The first-order valence-corrected chi connectivity index (χ1v) is 7.76. The first-order valence-electron chi connectivity index (χ1n) is 7.76. The molecule has 1 aromatic heterocycles. The zero-order valence-corrected chi connectivity index (χ0v) is 13.8. The Morgan fingerprint density at radius 2 is 1.84 bits per heavy atom. The standard InChI is InChI=1S/C17H17N3O5/c1-10-5-11(2)7-13(6-10)18-16(21)12-8-19(9-12)17(22)14-3-4-15(25-14)20(23)24/h3-7,12H,8-9H2,1-2H3,(H,18,21). The number of hydrogen-bond donors (Lipinski definition) is 1. The van der Waals surface area contributed by atoms with E-state index in [-0.39, 0.29) is 30.7 Å². The Balaban J connectivity index is 1.56. The fourth-order valence-electron chi connectivity index (χ4n) is 2.80. The lowest BCUT2D eigenvalue weighted by atomic mass is 9.98. The quantitative estimate of drug-likeness (QED) is 0.678. The van der Waals surface area contributed by atoms with E-state index < -0.39 is 16.7 Å². The molecule has 0 atom stereocenters. The van der Waals surface area contributed by atoms with Crippen LogP contribution in [0, 0.1) is 29.9 Å². The van der Waals surface area contributed by atoms with Crippen molar-refractivity contribution in [1.29, 1.82) is 0 Å². The average Bonchev–Trinajstić information content (AvgIpc) is 2.94. The number of rotatable bonds is 4. The van der Waals surface area contributed by atoms with Gasteiger partial charge in [0.15, 0.2) is 5.76 Å². The van der Waals surface area contributed by atoms with Gasteiger partial charge in [-0.05, 0) is 43.2 Å². The second kappa shape index (κ2) is 6.39. The van der Waals surface area contributed by atoms with Gasteiger partial charge in [-0.1, -0.05) is 6.07 Å². The number of carbonyl (C=O) groups excluding carboxylic acids is 2. The van der Waals surface area contributed by atoms with E-state index in [0.29, 0.717) is 0 Å². The minimum Gasteiger partial charge on any atom is -0.395 e. The van der Waals surface area contributed by atoms with E-state index in [1.165, 1.54) is 11.0 Å². The first kappa shape index (κ1) is 16.7. The van der Waals surface area contributed by atoms with E-state index in [2.05, 4.69) is 5.32 Å². The van der Waals surface area contributed by atoms with Crippen LogP contribution in [0.15, 0.2) is 34.7 Å². The third-order valence-corrected chi connectivity index (χ3v) is 4.01. The topological polar surface area (TPSA) is 106 Å². The Labute approximate surface area is 143 Å². The van der Waals surface area contributed by atoms with E-state index >= 15 is 0 Å². The fourth-order valence-corrected chi connectivity index (χ4v) is 2.80. The molecule has 1 aliphatic heterocycles. The second-order valence-corrected chi connectivity index (χ2v) is 6.17. The summed E-state index contributed by atoms with van der Waals surface area (Å²) in [6, 6.07) is 8.19. The lowest BCUT2D eigenvalue weighted by molar-refractivity contribution is -0.402. The number of nitrogens with zero attached hydrogens (tertiary/aromatic N) is 2. The van der Waals surface area contributed by atoms with Crippen molar-refractivity contribution in [2.45, 2.75) is 13.8 Å². The third kappa shape index (κ3) is 3.52. The Morgan fingerprint density at radius 1 is 1.20 bits per heavy atom. The number of amides is 2. The highest BCUT2D eigenvalue weighted by Crippen LogP contribution is 2.24. The minimum atomic E-state index is -0.701. The van der Waals surface area contributed by atoms with Gasteiger partial charge in [0.1, 0.15) is 4.92 Å². The SMILES string of the molecule is Cc1cc(C)cc(NC(=O)C2CN(C(=O)c3ccc([N+](=O)[O-])o3)C2)c1. The molecular formula is C17H17N3O5. The van der Waals surface area contributed by atoms with Crippen LogP contribution in [-0.2, 0) is 4.79 Å². The van der Waals surface area contributed by atoms with E-state index in [9.17, 15) is 19.7 Å². The van der Waals surface area contributed by atoms with Crippen molar-refractivity contribution >= 4 is 23.4 Å². The smallest absolute Gasteiger partial charge is 0.395 e. The lowest BCUT2D eigenvalue weighted by Crippen LogP contribution is -2.54. The van der Waals surface area contributed by atoms with Crippen LogP contribution >= 0.6 is 0 Å². The number of anilines is 1. The summed E-state index contributed by atoms with van der Waals surface area (Å²) in [6.45, 7) is 4.41. The van der Waals surface area contributed by atoms with Gasteiger partial charge in [0.05, 0.1) is 12.0 Å². The molecule has 0 aliphatic carbocycles. The molecule has 1 aromatic carbocycles. The summed E-state index contributed by atoms with van der Waals surface area (Å²) < 4.78 is 4.89. The summed E-state index contributed by atoms with van der Waals surface area (Å²) in [7, 11) is 0. The molecular weight excluding hydrogens is 326 g/mol. The molecule has 0 unspecified atom stereocenters. The first-order chi connectivity index (χ1) is 11.8. The second-order valence-electron chi connectivity index (χ2n) is 6.17. The number of likely N-dealkylation sites (tertiary alicyclic amines) is 1. The van der Waals surface area contributed by atoms with Crippen LogP contribution < -0.4 is 5.32 Å². The van der Waals surface area contributed by atoms with Gasteiger partial charge in [0, 0.05) is 18.8 Å². The van der Waals surface area contributed by atoms with Gasteiger partial charge in [-0.15, -0.1) is 0 Å². The van der Waals surface area contributed by atoms with Crippen LogP contribution in [-0.4, -0.2) is 34.7 Å². The van der Waals surface area contributed by atoms with Gasteiger partial charge in [-0.3, -0.25) is 19.7 Å². The van der Waals surface area contributed by atoms with Gasteiger partial charge in [-0.2, -0.15) is 0 Å². The van der Waals surface area contributed by atoms with Gasteiger partial charge in [-0.25, -0.2) is 0 Å². The zero-order valence-electron chi connectivity index (χ0n) is 13.8. The highest BCUT2D eigenvalue weighted by Gasteiger charge is 2.37. The molecule has 1 saturated heterocycles. The molecule has 3 rings (SSSR count). The van der Waals surface area contributed by atoms with Crippen LogP contribution in [0.2, 0.25) is 0 Å². The lowest BCUT2D eigenvalue weighted by Gasteiger charge is -2.37. The highest BCUT2D eigenvalue weighted by molar-refractivity contribution is 5.97. The molecule has 130 valence electrons. The van der Waals surface area contributed by atoms with E-state index in [4.69, 9.17) is 4.42 Å². The van der Waals surface area contributed by atoms with E-state index in [1.54, 1.807) is 0 Å². The largest absolute Gasteiger partial charge is 0.433 e. The summed E-state index contributed by atoms with van der Waals surface area (Å²) in [5.74, 6) is -1.49. The van der Waals surface area contributed by atoms with Crippen molar-refractivity contribution in [2.75, 3.05) is 18.4 Å². The predicted molar refractivity (Wildman–Crippen MR) is 89.3 cm³/mol. The highest BCUT2D eigenvalue weighted by atomic mass is 16.6. The molecule has 0 radical (unpaired) electrons. The van der Waals surface area contributed by atoms with Gasteiger partial charge < -0.3 is 14.6 Å². The van der Waals surface area contributed by atoms with Gasteiger partial charge in [0.2, 0.25) is 5.91 Å². The maximum atomic E-state index is 12.3. The molecule has 0 saturated carbocycles. The van der Waals surface area contributed by atoms with E-state index in [0.717, 1.165) is 22.9 Å². The predicted octanol–water partition coefficient (Wildman–Crippen LogP) is 2.52. The Morgan fingerprint density at radius 3 is 2.40 bits per heavy atom. The molecule has 2 heterocycles. The molecule has 2 aromatic rings. The number of hydrogen-bond acceptors (Lipinski definition) is 5. The average molecular weight is 343 g/mol. The number of aryl methyl sites for hydroxylation is 2. The van der Waals surface area contributed by atoms with Crippen molar-refractivity contribution in [3.05, 3.63) is 57.3 Å². The summed E-state index contributed by atoms with van der Waals surface area (Å²) >= 11 is 0. The Hall–Kier alpha value is -3.16. The summed E-state index contributed by atoms with van der Waals surface area (Å²) in [5, 5.41) is 13.4. The van der Waals surface area contributed by atoms with Crippen molar-refractivity contribution in [2.24, 2.45) is 5.92 Å². The fraction of sp³-hybridized carbons (Fsp3) is 0.294. The van der Waals surface area contributed by atoms with Crippen LogP contribution in [0.5, 0.6) is 0 Å². The van der Waals surface area contributed by atoms with Crippen LogP contribution in [0.25, 0.3) is 0 Å². The van der Waals surface area contributed by atoms with Crippen molar-refractivity contribution in [3.63, 3.8) is 0 Å². The zero-order chi connectivity index (χ0) is 18.1. The Kier molecular flexibility index (Phi) is 4.26. The molecule has 1 N–H and O–H groups in total. The number of nitrogens with one attached hydrogen (secondary N) is 1. The van der Waals surface area contributed by atoms with Crippen LogP contribution in [0.3, 0.4) is 0 Å². The van der Waals surface area contributed by atoms with Crippen molar-refractivity contribution in [1.82, 2.24) is 4.90 Å². The number of nitro groups is 1. The molecule has 8 heteroatoms. The molecule has 8 nitrogen and oxygen atoms in total. The summed E-state index contributed by atoms with van der Waals surface area (Å²) in [4.78, 5) is 35.7. The number of benzene rings is 1.